The monoisotopic (exact) mass is 340 g/mol. The lowest BCUT2D eigenvalue weighted by molar-refractivity contribution is 0.676. The predicted molar refractivity (Wildman–Crippen MR) is 87.6 cm³/mol. The normalized spacial score (nSPS) is 11.2. The third-order valence-corrected chi connectivity index (χ3v) is 3.94. The van der Waals surface area contributed by atoms with E-state index in [-0.39, 0.29) is 0 Å². The molecule has 0 N–H and O–H groups in total. The number of hydrogen-bond acceptors (Lipinski definition) is 2. The largest absolute Gasteiger partial charge is 0.368 e. The van der Waals surface area contributed by atoms with Crippen LogP contribution in [0.4, 0.5) is 5.69 Å². The van der Waals surface area contributed by atoms with Gasteiger partial charge in [-0.2, -0.15) is 0 Å². The molecule has 0 amide bonds. The fourth-order valence-electron chi connectivity index (χ4n) is 2.24. The minimum absolute atomic E-state index is 0.459. The molecule has 0 aliphatic carbocycles. The molecule has 102 valence electrons. The molecule has 4 heteroatoms. The van der Waals surface area contributed by atoms with E-state index in [4.69, 9.17) is 11.6 Å². The maximum absolute atomic E-state index is 6.04. The first-order valence-electron chi connectivity index (χ1n) is 6.50. The summed E-state index contributed by atoms with van der Waals surface area (Å²) < 4.78 is 0. The van der Waals surface area contributed by atoms with Crippen LogP contribution in [0.3, 0.4) is 0 Å². The maximum atomic E-state index is 6.04. The van der Waals surface area contributed by atoms with E-state index in [1.807, 2.05) is 18.3 Å². The molecule has 0 saturated carbocycles. The molecule has 0 fully saturated rings. The summed E-state index contributed by atoms with van der Waals surface area (Å²) in [6.45, 7) is 5.47. The summed E-state index contributed by atoms with van der Waals surface area (Å²) in [6.07, 6.45) is 2.98. The van der Waals surface area contributed by atoms with Crippen molar-refractivity contribution in [3.63, 3.8) is 0 Å². The van der Waals surface area contributed by atoms with Crippen LogP contribution in [0, 0.1) is 0 Å². The molecule has 1 aromatic heterocycles. The Hall–Kier alpha value is -0.800. The van der Waals surface area contributed by atoms with Gasteiger partial charge in [0.1, 0.15) is 0 Å². The van der Waals surface area contributed by atoms with Gasteiger partial charge in [0, 0.05) is 40.2 Å². The third-order valence-electron chi connectivity index (χ3n) is 3.15. The lowest BCUT2D eigenvalue weighted by atomic mass is 10.1. The van der Waals surface area contributed by atoms with Gasteiger partial charge in [0.25, 0.3) is 0 Å². The number of rotatable bonds is 5. The van der Waals surface area contributed by atoms with Crippen LogP contribution in [0.1, 0.15) is 20.3 Å². The van der Waals surface area contributed by atoms with Crippen LogP contribution in [0.25, 0.3) is 10.9 Å². The summed E-state index contributed by atoms with van der Waals surface area (Å²) in [7, 11) is 0. The first-order chi connectivity index (χ1) is 9.13. The van der Waals surface area contributed by atoms with Crippen LogP contribution in [0.5, 0.6) is 0 Å². The quantitative estimate of drug-likeness (QED) is 0.720. The molecule has 2 aromatic rings. The van der Waals surface area contributed by atoms with Crippen LogP contribution in [-0.4, -0.2) is 22.9 Å². The number of nitrogens with zero attached hydrogens (tertiary/aromatic N) is 2. The SMILES string of the molecule is CC(C)N(CCCBr)c1ccnc2cc(Cl)ccc12. The van der Waals surface area contributed by atoms with Gasteiger partial charge in [-0.05, 0) is 44.5 Å². The van der Waals surface area contributed by atoms with E-state index >= 15 is 0 Å². The van der Waals surface area contributed by atoms with Gasteiger partial charge < -0.3 is 4.90 Å². The number of hydrogen-bond donors (Lipinski definition) is 0. The van der Waals surface area contributed by atoms with Crippen LogP contribution >= 0.6 is 27.5 Å². The predicted octanol–water partition coefficient (Wildman–Crippen LogP) is 4.89. The Morgan fingerprint density at radius 2 is 2.11 bits per heavy atom. The average Bonchev–Trinajstić information content (AvgIpc) is 2.38. The molecule has 0 aliphatic heterocycles. The van der Waals surface area contributed by atoms with E-state index in [2.05, 4.69) is 51.8 Å². The Morgan fingerprint density at radius 3 is 2.79 bits per heavy atom. The van der Waals surface area contributed by atoms with Crippen LogP contribution in [0.2, 0.25) is 5.02 Å². The Morgan fingerprint density at radius 1 is 1.32 bits per heavy atom. The lowest BCUT2D eigenvalue weighted by Gasteiger charge is -2.30. The zero-order valence-electron chi connectivity index (χ0n) is 11.2. The summed E-state index contributed by atoms with van der Waals surface area (Å²) >= 11 is 9.54. The van der Waals surface area contributed by atoms with Gasteiger partial charge in [-0.15, -0.1) is 0 Å². The molecule has 0 bridgehead atoms. The van der Waals surface area contributed by atoms with E-state index in [1.54, 1.807) is 0 Å². The number of halogens is 2. The molecule has 1 heterocycles. The molecule has 0 radical (unpaired) electrons. The number of benzene rings is 1. The first kappa shape index (κ1) is 14.6. The zero-order valence-corrected chi connectivity index (χ0v) is 13.6. The Bertz CT molecular complexity index is 557. The number of aromatic nitrogens is 1. The van der Waals surface area contributed by atoms with E-state index in [9.17, 15) is 0 Å². The summed E-state index contributed by atoms with van der Waals surface area (Å²) in [5.74, 6) is 0. The van der Waals surface area contributed by atoms with E-state index in [0.29, 0.717) is 6.04 Å². The van der Waals surface area contributed by atoms with E-state index in [1.165, 1.54) is 5.69 Å². The van der Waals surface area contributed by atoms with Gasteiger partial charge >= 0.3 is 0 Å². The molecule has 0 atom stereocenters. The standard InChI is InChI=1S/C15H18BrClN2/c1-11(2)19(9-3-7-16)15-6-8-18-14-10-12(17)4-5-13(14)15/h4-6,8,10-11H,3,7,9H2,1-2H3. The Labute approximate surface area is 127 Å². The van der Waals surface area contributed by atoms with Gasteiger partial charge in [0.05, 0.1) is 5.52 Å². The highest BCUT2D eigenvalue weighted by atomic mass is 79.9. The minimum Gasteiger partial charge on any atom is -0.368 e. The van der Waals surface area contributed by atoms with Crippen molar-refractivity contribution in [2.24, 2.45) is 0 Å². The average molecular weight is 342 g/mol. The molecule has 0 unspecified atom stereocenters. The third kappa shape index (κ3) is 3.40. The smallest absolute Gasteiger partial charge is 0.0737 e. The maximum Gasteiger partial charge on any atom is 0.0737 e. The van der Waals surface area contributed by atoms with Crippen LogP contribution in [0.15, 0.2) is 30.5 Å². The van der Waals surface area contributed by atoms with Gasteiger partial charge in [-0.25, -0.2) is 0 Å². The molecule has 1 aromatic carbocycles. The van der Waals surface area contributed by atoms with Crippen molar-refractivity contribution in [2.75, 3.05) is 16.8 Å². The number of pyridine rings is 1. The van der Waals surface area contributed by atoms with Gasteiger partial charge in [-0.1, -0.05) is 27.5 Å². The minimum atomic E-state index is 0.459. The number of alkyl halides is 1. The molecule has 2 nitrogen and oxygen atoms in total. The topological polar surface area (TPSA) is 16.1 Å². The van der Waals surface area contributed by atoms with Crippen molar-refractivity contribution in [3.8, 4) is 0 Å². The second-order valence-electron chi connectivity index (χ2n) is 4.82. The highest BCUT2D eigenvalue weighted by Gasteiger charge is 2.13. The van der Waals surface area contributed by atoms with Crippen molar-refractivity contribution in [1.29, 1.82) is 0 Å². The van der Waals surface area contributed by atoms with Crippen molar-refractivity contribution >= 4 is 44.1 Å². The Kier molecular flexibility index (Phi) is 5.06. The van der Waals surface area contributed by atoms with Crippen LogP contribution in [-0.2, 0) is 0 Å². The fraction of sp³-hybridized carbons (Fsp3) is 0.400. The lowest BCUT2D eigenvalue weighted by Crippen LogP contribution is -2.32. The molecule has 19 heavy (non-hydrogen) atoms. The van der Waals surface area contributed by atoms with Crippen molar-refractivity contribution < 1.29 is 0 Å². The summed E-state index contributed by atoms with van der Waals surface area (Å²) in [5, 5.41) is 2.91. The molecular formula is C15H18BrClN2. The second-order valence-corrected chi connectivity index (χ2v) is 6.05. The molecule has 0 saturated heterocycles. The summed E-state index contributed by atoms with van der Waals surface area (Å²) in [6, 6.07) is 8.45. The first-order valence-corrected chi connectivity index (χ1v) is 8.00. The van der Waals surface area contributed by atoms with Crippen molar-refractivity contribution in [1.82, 2.24) is 4.98 Å². The zero-order chi connectivity index (χ0) is 13.8. The second kappa shape index (κ2) is 6.58. The molecule has 0 aliphatic rings. The van der Waals surface area contributed by atoms with Gasteiger partial charge in [-0.3, -0.25) is 4.98 Å². The van der Waals surface area contributed by atoms with Crippen molar-refractivity contribution in [3.05, 3.63) is 35.5 Å². The van der Waals surface area contributed by atoms with E-state index < -0.39 is 0 Å². The Balaban J connectivity index is 2.47. The molecule has 2 rings (SSSR count). The highest BCUT2D eigenvalue weighted by molar-refractivity contribution is 9.09. The van der Waals surface area contributed by atoms with Crippen molar-refractivity contribution in [2.45, 2.75) is 26.3 Å². The molecular weight excluding hydrogens is 324 g/mol. The highest BCUT2D eigenvalue weighted by Crippen LogP contribution is 2.28. The summed E-state index contributed by atoms with van der Waals surface area (Å²) in [5.41, 5.74) is 2.19. The van der Waals surface area contributed by atoms with Crippen LogP contribution < -0.4 is 4.90 Å². The molecule has 0 spiro atoms. The number of anilines is 1. The summed E-state index contributed by atoms with van der Waals surface area (Å²) in [4.78, 5) is 6.82. The fourth-order valence-corrected chi connectivity index (χ4v) is 2.66. The number of fused-ring (bicyclic) bond motifs is 1. The van der Waals surface area contributed by atoms with E-state index in [0.717, 1.165) is 34.2 Å². The van der Waals surface area contributed by atoms with Gasteiger partial charge in [0.2, 0.25) is 0 Å². The van der Waals surface area contributed by atoms with Gasteiger partial charge in [0.15, 0.2) is 0 Å².